The number of hydrogen-bond donors (Lipinski definition) is 0. The van der Waals surface area contributed by atoms with Crippen LogP contribution in [0.5, 0.6) is 0 Å². The van der Waals surface area contributed by atoms with E-state index in [2.05, 4.69) is 49.9 Å². The lowest BCUT2D eigenvalue weighted by molar-refractivity contribution is 0.604. The number of allylic oxidation sites excluding steroid dienone is 4. The number of hydrogen-bond acceptors (Lipinski definition) is 1. The van der Waals surface area contributed by atoms with Gasteiger partial charge in [0.1, 0.15) is 0 Å². The molecule has 2 aliphatic heterocycles. The Kier molecular flexibility index (Phi) is 1.81. The van der Waals surface area contributed by atoms with Crippen molar-refractivity contribution in [1.29, 1.82) is 0 Å². The molecule has 2 saturated heterocycles. The fraction of sp³-hybridized carbons (Fsp3) is 0.500. The van der Waals surface area contributed by atoms with E-state index < -0.39 is 0 Å². The standard InChI is InChI=1S/C16H18S/c1-11-5-3-7-15-9-10-16(17-15)8-4-6-12(2)14(16)13(11)15/h3-4,7-8H,5-6,9-10H2,1-2H3/t15-,16?/m0/s1. The Hall–Kier alpha value is -0.690. The molecule has 0 aromatic heterocycles. The smallest absolute Gasteiger partial charge is 0.0603 e. The quantitative estimate of drug-likeness (QED) is 0.561. The summed E-state index contributed by atoms with van der Waals surface area (Å²) >= 11 is 2.21. The van der Waals surface area contributed by atoms with Gasteiger partial charge in [-0.15, -0.1) is 11.8 Å². The molecule has 2 spiro atoms. The first-order valence-corrected chi connectivity index (χ1v) is 7.45. The molecule has 88 valence electrons. The van der Waals surface area contributed by atoms with Gasteiger partial charge >= 0.3 is 0 Å². The van der Waals surface area contributed by atoms with Gasteiger partial charge < -0.3 is 0 Å². The first-order valence-electron chi connectivity index (χ1n) is 6.63. The van der Waals surface area contributed by atoms with Crippen molar-refractivity contribution in [3.63, 3.8) is 0 Å². The maximum absolute atomic E-state index is 2.50. The first kappa shape index (κ1) is 10.3. The predicted molar refractivity (Wildman–Crippen MR) is 75.2 cm³/mol. The first-order chi connectivity index (χ1) is 8.17. The summed E-state index contributed by atoms with van der Waals surface area (Å²) in [6.45, 7) is 4.68. The van der Waals surface area contributed by atoms with E-state index >= 15 is 0 Å². The molecule has 0 amide bonds. The molecule has 1 unspecified atom stereocenters. The van der Waals surface area contributed by atoms with Gasteiger partial charge in [-0.25, -0.2) is 0 Å². The van der Waals surface area contributed by atoms with Crippen molar-refractivity contribution in [3.05, 3.63) is 46.6 Å². The summed E-state index contributed by atoms with van der Waals surface area (Å²) in [5.41, 5.74) is 6.65. The van der Waals surface area contributed by atoms with Crippen LogP contribution in [-0.4, -0.2) is 9.49 Å². The Morgan fingerprint density at radius 2 is 1.35 bits per heavy atom. The van der Waals surface area contributed by atoms with Crippen molar-refractivity contribution in [1.82, 2.24) is 0 Å². The molecule has 0 radical (unpaired) electrons. The second-order valence-corrected chi connectivity index (χ2v) is 7.57. The molecular formula is C16H18S. The van der Waals surface area contributed by atoms with Crippen molar-refractivity contribution in [2.45, 2.75) is 49.0 Å². The van der Waals surface area contributed by atoms with Crippen LogP contribution in [0.2, 0.25) is 0 Å². The summed E-state index contributed by atoms with van der Waals surface area (Å²) in [4.78, 5) is 0. The Labute approximate surface area is 108 Å². The molecule has 2 heterocycles. The van der Waals surface area contributed by atoms with Crippen LogP contribution >= 0.6 is 11.8 Å². The van der Waals surface area contributed by atoms with Crippen LogP contribution in [-0.2, 0) is 0 Å². The molecule has 2 fully saturated rings. The third-order valence-electron chi connectivity index (χ3n) is 4.80. The van der Waals surface area contributed by atoms with Gasteiger partial charge in [-0.05, 0) is 50.7 Å². The topological polar surface area (TPSA) is 0 Å². The molecule has 2 atom stereocenters. The lowest BCUT2D eigenvalue weighted by atomic mass is 9.67. The third kappa shape index (κ3) is 1.07. The van der Waals surface area contributed by atoms with E-state index in [9.17, 15) is 0 Å². The van der Waals surface area contributed by atoms with Crippen LogP contribution < -0.4 is 0 Å². The summed E-state index contributed by atoms with van der Waals surface area (Å²) in [6, 6.07) is 0. The van der Waals surface area contributed by atoms with E-state index in [1.165, 1.54) is 12.8 Å². The van der Waals surface area contributed by atoms with E-state index in [-0.39, 0.29) is 0 Å². The van der Waals surface area contributed by atoms with Gasteiger partial charge in [0.25, 0.3) is 0 Å². The monoisotopic (exact) mass is 242 g/mol. The average molecular weight is 242 g/mol. The predicted octanol–water partition coefficient (Wildman–Crippen LogP) is 4.56. The fourth-order valence-corrected chi connectivity index (χ4v) is 6.32. The van der Waals surface area contributed by atoms with Crippen LogP contribution in [0.25, 0.3) is 0 Å². The zero-order valence-corrected chi connectivity index (χ0v) is 11.4. The van der Waals surface area contributed by atoms with Crippen LogP contribution in [0.15, 0.2) is 46.6 Å². The summed E-state index contributed by atoms with van der Waals surface area (Å²) < 4.78 is 0.682. The summed E-state index contributed by atoms with van der Waals surface area (Å²) in [7, 11) is 0. The van der Waals surface area contributed by atoms with Crippen molar-refractivity contribution in [2.75, 3.05) is 0 Å². The van der Waals surface area contributed by atoms with Crippen molar-refractivity contribution >= 4 is 11.8 Å². The lowest BCUT2D eigenvalue weighted by Crippen LogP contribution is -2.29. The molecule has 4 aliphatic rings. The minimum absolute atomic E-state index is 0.341. The summed E-state index contributed by atoms with van der Waals surface area (Å²) in [5.74, 6) is 0. The molecule has 4 rings (SSSR count). The zero-order chi connectivity index (χ0) is 11.7. The van der Waals surface area contributed by atoms with Gasteiger partial charge in [0.2, 0.25) is 0 Å². The average Bonchev–Trinajstić information content (AvgIpc) is 2.79. The van der Waals surface area contributed by atoms with E-state index in [1.54, 1.807) is 22.3 Å². The molecule has 17 heavy (non-hydrogen) atoms. The maximum Gasteiger partial charge on any atom is 0.0603 e. The Balaban J connectivity index is 2.04. The van der Waals surface area contributed by atoms with E-state index in [0.717, 1.165) is 12.8 Å². The molecule has 2 bridgehead atoms. The highest BCUT2D eigenvalue weighted by Crippen LogP contribution is 2.70. The normalized spacial score (nSPS) is 42.2. The molecule has 0 aromatic rings. The Bertz CT molecular complexity index is 484. The van der Waals surface area contributed by atoms with Gasteiger partial charge in [-0.3, -0.25) is 0 Å². The van der Waals surface area contributed by atoms with Gasteiger partial charge in [-0.2, -0.15) is 0 Å². The van der Waals surface area contributed by atoms with Gasteiger partial charge in [0, 0.05) is 0 Å². The summed E-state index contributed by atoms with van der Waals surface area (Å²) in [6.07, 6.45) is 14.8. The third-order valence-corrected chi connectivity index (χ3v) is 6.62. The highest BCUT2D eigenvalue weighted by Gasteiger charge is 2.60. The number of fused-ring (bicyclic) bond motifs is 1. The number of rotatable bonds is 0. The van der Waals surface area contributed by atoms with E-state index in [4.69, 9.17) is 0 Å². The molecule has 0 nitrogen and oxygen atoms in total. The molecule has 0 N–H and O–H groups in total. The van der Waals surface area contributed by atoms with Crippen LogP contribution in [0.1, 0.15) is 39.5 Å². The SMILES string of the molecule is CC1=C2C3=C(C)CC=C[C@]34CCC2(C=CC1)S4. The highest BCUT2D eigenvalue weighted by molar-refractivity contribution is 8.03. The minimum Gasteiger partial charge on any atom is -0.130 e. The van der Waals surface area contributed by atoms with Gasteiger partial charge in [-0.1, -0.05) is 35.5 Å². The second kappa shape index (κ2) is 3.00. The molecule has 0 aromatic carbocycles. The van der Waals surface area contributed by atoms with E-state index in [0.29, 0.717) is 9.49 Å². The Morgan fingerprint density at radius 3 is 1.82 bits per heavy atom. The second-order valence-electron chi connectivity index (χ2n) is 5.90. The molecule has 0 saturated carbocycles. The van der Waals surface area contributed by atoms with Crippen molar-refractivity contribution < 1.29 is 0 Å². The van der Waals surface area contributed by atoms with Gasteiger partial charge in [0.05, 0.1) is 9.49 Å². The highest BCUT2D eigenvalue weighted by atomic mass is 32.2. The molecular weight excluding hydrogens is 224 g/mol. The van der Waals surface area contributed by atoms with E-state index in [1.807, 2.05) is 0 Å². The molecule has 1 heteroatoms. The van der Waals surface area contributed by atoms with Crippen molar-refractivity contribution in [3.8, 4) is 0 Å². The van der Waals surface area contributed by atoms with Crippen LogP contribution in [0, 0.1) is 0 Å². The van der Waals surface area contributed by atoms with Gasteiger partial charge in [0.15, 0.2) is 0 Å². The Morgan fingerprint density at radius 1 is 0.882 bits per heavy atom. The molecule has 2 aliphatic carbocycles. The van der Waals surface area contributed by atoms with Crippen LogP contribution in [0.4, 0.5) is 0 Å². The largest absolute Gasteiger partial charge is 0.130 e. The lowest BCUT2D eigenvalue weighted by Gasteiger charge is -2.35. The minimum atomic E-state index is 0.341. The summed E-state index contributed by atoms with van der Waals surface area (Å²) in [5, 5.41) is 0. The van der Waals surface area contributed by atoms with Crippen LogP contribution in [0.3, 0.4) is 0 Å². The number of thioether (sulfide) groups is 1. The maximum atomic E-state index is 2.50. The zero-order valence-electron chi connectivity index (χ0n) is 10.5. The fourth-order valence-electron chi connectivity index (χ4n) is 4.18. The van der Waals surface area contributed by atoms with Crippen molar-refractivity contribution in [2.24, 2.45) is 0 Å².